The molecule has 1 atom stereocenters. The van der Waals surface area contributed by atoms with E-state index < -0.39 is 12.6 Å². The van der Waals surface area contributed by atoms with E-state index in [2.05, 4.69) is 12.2 Å². The SMILES string of the molecule is CCC(NC)c1cccc(OCCCC(F)(F)F)c1. The fraction of sp³-hybridized carbons (Fsp3) is 0.571. The Labute approximate surface area is 112 Å². The third-order valence-electron chi connectivity index (χ3n) is 2.89. The summed E-state index contributed by atoms with van der Waals surface area (Å²) in [5.74, 6) is 0.619. The minimum absolute atomic E-state index is 0.0169. The molecule has 0 fully saturated rings. The Bertz CT molecular complexity index is 375. The highest BCUT2D eigenvalue weighted by atomic mass is 19.4. The summed E-state index contributed by atoms with van der Waals surface area (Å²) < 4.78 is 41.3. The molecule has 0 saturated carbocycles. The smallest absolute Gasteiger partial charge is 0.389 e. The summed E-state index contributed by atoms with van der Waals surface area (Å²) in [6.07, 6.45) is -3.99. The zero-order valence-electron chi connectivity index (χ0n) is 11.3. The maximum absolute atomic E-state index is 12.0. The number of halogens is 3. The molecule has 0 spiro atoms. The summed E-state index contributed by atoms with van der Waals surface area (Å²) in [7, 11) is 1.88. The van der Waals surface area contributed by atoms with E-state index >= 15 is 0 Å². The third-order valence-corrected chi connectivity index (χ3v) is 2.89. The largest absolute Gasteiger partial charge is 0.494 e. The first-order valence-corrected chi connectivity index (χ1v) is 6.43. The van der Waals surface area contributed by atoms with Crippen molar-refractivity contribution in [1.29, 1.82) is 0 Å². The molecule has 1 rings (SSSR count). The number of rotatable bonds is 7. The number of ether oxygens (including phenoxy) is 1. The Morgan fingerprint density at radius 1 is 1.32 bits per heavy atom. The van der Waals surface area contributed by atoms with Crippen LogP contribution in [0.5, 0.6) is 5.75 Å². The summed E-state index contributed by atoms with van der Waals surface area (Å²) in [5.41, 5.74) is 1.08. The second-order valence-corrected chi connectivity index (χ2v) is 4.39. The quantitative estimate of drug-likeness (QED) is 0.757. The van der Waals surface area contributed by atoms with Crippen molar-refractivity contribution in [3.05, 3.63) is 29.8 Å². The molecular weight excluding hydrogens is 255 g/mol. The van der Waals surface area contributed by atoms with Gasteiger partial charge in [-0.15, -0.1) is 0 Å². The second-order valence-electron chi connectivity index (χ2n) is 4.39. The van der Waals surface area contributed by atoms with Crippen molar-refractivity contribution < 1.29 is 17.9 Å². The number of hydrogen-bond donors (Lipinski definition) is 1. The van der Waals surface area contributed by atoms with Gasteiger partial charge in [0.25, 0.3) is 0 Å². The van der Waals surface area contributed by atoms with Crippen molar-refractivity contribution in [2.75, 3.05) is 13.7 Å². The van der Waals surface area contributed by atoms with E-state index in [0.29, 0.717) is 5.75 Å². The highest BCUT2D eigenvalue weighted by molar-refractivity contribution is 5.30. The van der Waals surface area contributed by atoms with E-state index in [0.717, 1.165) is 12.0 Å². The van der Waals surface area contributed by atoms with Crippen LogP contribution in [0.2, 0.25) is 0 Å². The van der Waals surface area contributed by atoms with Crippen LogP contribution >= 0.6 is 0 Å². The normalized spacial score (nSPS) is 13.3. The number of alkyl halides is 3. The molecule has 1 unspecified atom stereocenters. The van der Waals surface area contributed by atoms with Gasteiger partial charge in [0.1, 0.15) is 5.75 Å². The maximum atomic E-state index is 12.0. The van der Waals surface area contributed by atoms with Crippen LogP contribution in [0, 0.1) is 0 Å². The van der Waals surface area contributed by atoms with Crippen LogP contribution in [-0.4, -0.2) is 19.8 Å². The van der Waals surface area contributed by atoms with Gasteiger partial charge < -0.3 is 10.1 Å². The Hall–Kier alpha value is -1.23. The summed E-state index contributed by atoms with van der Waals surface area (Å²) in [6.45, 7) is 2.15. The van der Waals surface area contributed by atoms with Gasteiger partial charge >= 0.3 is 6.18 Å². The average molecular weight is 275 g/mol. The predicted molar refractivity (Wildman–Crippen MR) is 69.3 cm³/mol. The zero-order chi connectivity index (χ0) is 14.3. The Kier molecular flexibility index (Phi) is 6.15. The predicted octanol–water partition coefficient (Wildman–Crippen LogP) is 4.08. The number of nitrogens with one attached hydrogen (secondary N) is 1. The highest BCUT2D eigenvalue weighted by Gasteiger charge is 2.26. The number of benzene rings is 1. The van der Waals surface area contributed by atoms with Crippen LogP contribution in [0.25, 0.3) is 0 Å². The molecular formula is C14H20F3NO. The molecule has 0 saturated heterocycles. The van der Waals surface area contributed by atoms with Crippen LogP contribution in [0.1, 0.15) is 37.8 Å². The molecule has 0 heterocycles. The molecule has 19 heavy (non-hydrogen) atoms. The van der Waals surface area contributed by atoms with Crippen molar-refractivity contribution in [2.45, 2.75) is 38.4 Å². The van der Waals surface area contributed by atoms with Gasteiger partial charge in [-0.1, -0.05) is 19.1 Å². The van der Waals surface area contributed by atoms with Crippen molar-refractivity contribution in [3.63, 3.8) is 0 Å². The van der Waals surface area contributed by atoms with Crippen LogP contribution in [0.4, 0.5) is 13.2 Å². The Balaban J connectivity index is 2.48. The molecule has 2 nitrogen and oxygen atoms in total. The van der Waals surface area contributed by atoms with Crippen molar-refractivity contribution in [1.82, 2.24) is 5.32 Å². The topological polar surface area (TPSA) is 21.3 Å². The molecule has 1 N–H and O–H groups in total. The van der Waals surface area contributed by atoms with E-state index in [-0.39, 0.29) is 19.1 Å². The molecule has 1 aromatic carbocycles. The molecule has 0 bridgehead atoms. The molecule has 5 heteroatoms. The first-order chi connectivity index (χ1) is 8.96. The van der Waals surface area contributed by atoms with Crippen molar-refractivity contribution in [3.8, 4) is 5.75 Å². The fourth-order valence-electron chi connectivity index (χ4n) is 1.89. The van der Waals surface area contributed by atoms with E-state index in [1.54, 1.807) is 6.07 Å². The summed E-state index contributed by atoms with van der Waals surface area (Å²) in [5, 5.41) is 3.18. The van der Waals surface area contributed by atoms with E-state index in [1.807, 2.05) is 25.2 Å². The maximum Gasteiger partial charge on any atom is 0.389 e. The lowest BCUT2D eigenvalue weighted by atomic mass is 10.0. The molecule has 0 amide bonds. The lowest BCUT2D eigenvalue weighted by Gasteiger charge is -2.15. The van der Waals surface area contributed by atoms with Gasteiger partial charge in [-0.2, -0.15) is 13.2 Å². The van der Waals surface area contributed by atoms with Gasteiger partial charge in [-0.25, -0.2) is 0 Å². The highest BCUT2D eigenvalue weighted by Crippen LogP contribution is 2.23. The van der Waals surface area contributed by atoms with Crippen molar-refractivity contribution >= 4 is 0 Å². The molecule has 0 aliphatic heterocycles. The first kappa shape index (κ1) is 15.8. The van der Waals surface area contributed by atoms with E-state index in [4.69, 9.17) is 4.74 Å². The number of hydrogen-bond acceptors (Lipinski definition) is 2. The Morgan fingerprint density at radius 3 is 2.63 bits per heavy atom. The summed E-state index contributed by atoms with van der Waals surface area (Å²) >= 11 is 0. The van der Waals surface area contributed by atoms with Crippen LogP contribution in [-0.2, 0) is 0 Å². The van der Waals surface area contributed by atoms with Gasteiger partial charge in [0.05, 0.1) is 6.61 Å². The monoisotopic (exact) mass is 275 g/mol. The molecule has 0 aliphatic carbocycles. The second kappa shape index (κ2) is 7.38. The van der Waals surface area contributed by atoms with Crippen molar-refractivity contribution in [2.24, 2.45) is 0 Å². The Morgan fingerprint density at radius 2 is 2.05 bits per heavy atom. The van der Waals surface area contributed by atoms with E-state index in [1.165, 1.54) is 0 Å². The van der Waals surface area contributed by atoms with Gasteiger partial charge in [0.15, 0.2) is 0 Å². The molecule has 0 aliphatic rings. The van der Waals surface area contributed by atoms with Crippen LogP contribution in [0.15, 0.2) is 24.3 Å². The zero-order valence-corrected chi connectivity index (χ0v) is 11.3. The molecule has 0 aromatic heterocycles. The minimum atomic E-state index is -4.11. The minimum Gasteiger partial charge on any atom is -0.494 e. The summed E-state index contributed by atoms with van der Waals surface area (Å²) in [4.78, 5) is 0. The van der Waals surface area contributed by atoms with Gasteiger partial charge in [0, 0.05) is 12.5 Å². The lowest BCUT2D eigenvalue weighted by molar-refractivity contribution is -0.136. The van der Waals surface area contributed by atoms with Crippen LogP contribution < -0.4 is 10.1 Å². The van der Waals surface area contributed by atoms with Crippen LogP contribution in [0.3, 0.4) is 0 Å². The van der Waals surface area contributed by atoms with Gasteiger partial charge in [-0.3, -0.25) is 0 Å². The third kappa shape index (κ3) is 5.96. The molecule has 0 radical (unpaired) electrons. The van der Waals surface area contributed by atoms with Gasteiger partial charge in [-0.05, 0) is 37.6 Å². The van der Waals surface area contributed by atoms with E-state index in [9.17, 15) is 13.2 Å². The standard InChI is InChI=1S/C14H20F3NO/c1-3-13(18-2)11-6-4-7-12(10-11)19-9-5-8-14(15,16)17/h4,6-7,10,13,18H,3,5,8-9H2,1-2H3. The fourth-order valence-corrected chi connectivity index (χ4v) is 1.89. The van der Waals surface area contributed by atoms with Gasteiger partial charge in [0.2, 0.25) is 0 Å². The first-order valence-electron chi connectivity index (χ1n) is 6.43. The molecule has 1 aromatic rings. The molecule has 108 valence electrons. The lowest BCUT2D eigenvalue weighted by Crippen LogP contribution is -2.15. The average Bonchev–Trinajstić information content (AvgIpc) is 2.36. The summed E-state index contributed by atoms with van der Waals surface area (Å²) in [6, 6.07) is 7.71.